The average molecular weight is 266 g/mol. The van der Waals surface area contributed by atoms with Gasteiger partial charge in [0, 0.05) is 13.0 Å². The van der Waals surface area contributed by atoms with Crippen LogP contribution in [0, 0.1) is 0 Å². The first-order valence-electron chi connectivity index (χ1n) is 5.66. The number of rotatable bonds is 5. The van der Waals surface area contributed by atoms with E-state index in [4.69, 9.17) is 9.47 Å². The lowest BCUT2D eigenvalue weighted by Crippen LogP contribution is -2.16. The molecule has 0 saturated carbocycles. The van der Waals surface area contributed by atoms with Gasteiger partial charge in [-0.3, -0.25) is 14.4 Å². The molecule has 0 radical (unpaired) electrons. The van der Waals surface area contributed by atoms with Gasteiger partial charge in [0.2, 0.25) is 0 Å². The van der Waals surface area contributed by atoms with Crippen LogP contribution in [0.5, 0.6) is 11.5 Å². The molecule has 0 amide bonds. The highest BCUT2D eigenvalue weighted by atomic mass is 16.6. The van der Waals surface area contributed by atoms with Crippen molar-refractivity contribution in [2.75, 3.05) is 6.61 Å². The summed E-state index contributed by atoms with van der Waals surface area (Å²) in [6, 6.07) is 6.00. The summed E-state index contributed by atoms with van der Waals surface area (Å²) in [6.45, 7) is 3.11. The molecule has 0 aliphatic rings. The van der Waals surface area contributed by atoms with E-state index in [1.54, 1.807) is 19.1 Å². The van der Waals surface area contributed by atoms with Crippen LogP contribution in [-0.2, 0) is 19.1 Å². The van der Waals surface area contributed by atoms with Gasteiger partial charge in [0.05, 0.1) is 6.61 Å². The lowest BCUT2D eigenvalue weighted by molar-refractivity contribution is -0.149. The molecule has 0 unspecified atom stereocenters. The Bertz CT molecular complexity index is 480. The van der Waals surface area contributed by atoms with Gasteiger partial charge in [-0.2, -0.15) is 0 Å². The third-order valence-electron chi connectivity index (χ3n) is 1.89. The molecule has 102 valence electrons. The highest BCUT2D eigenvalue weighted by molar-refractivity contribution is 5.92. The van der Waals surface area contributed by atoms with Crippen molar-refractivity contribution in [3.63, 3.8) is 0 Å². The molecule has 0 spiro atoms. The average Bonchev–Trinajstić information content (AvgIpc) is 2.28. The summed E-state index contributed by atoms with van der Waals surface area (Å²) >= 11 is 0. The molecule has 0 fully saturated rings. The Labute approximate surface area is 110 Å². The first-order chi connectivity index (χ1) is 9.01. The summed E-state index contributed by atoms with van der Waals surface area (Å²) < 4.78 is 14.4. The summed E-state index contributed by atoms with van der Waals surface area (Å²) in [6.07, 6.45) is -0.467. The number of carbonyl (C=O) groups is 3. The standard InChI is InChI=1S/C13H14O6/c1-3-17-12(15)8-13(16)19-11-6-4-5-10(7-11)18-9(2)14/h4-7H,3,8H2,1-2H3. The molecule has 6 nitrogen and oxygen atoms in total. The first kappa shape index (κ1) is 14.7. The van der Waals surface area contributed by atoms with Gasteiger partial charge in [0.25, 0.3) is 0 Å². The maximum atomic E-state index is 11.4. The summed E-state index contributed by atoms with van der Waals surface area (Å²) in [5.74, 6) is -1.42. The molecule has 0 heterocycles. The van der Waals surface area contributed by atoms with Crippen molar-refractivity contribution < 1.29 is 28.6 Å². The van der Waals surface area contributed by atoms with Gasteiger partial charge in [0.15, 0.2) is 0 Å². The number of esters is 3. The Morgan fingerprint density at radius 3 is 2.26 bits per heavy atom. The van der Waals surface area contributed by atoms with Crippen LogP contribution in [-0.4, -0.2) is 24.5 Å². The minimum atomic E-state index is -0.738. The van der Waals surface area contributed by atoms with Crippen molar-refractivity contribution in [2.24, 2.45) is 0 Å². The molecule has 19 heavy (non-hydrogen) atoms. The van der Waals surface area contributed by atoms with Crippen LogP contribution in [0.1, 0.15) is 20.3 Å². The molecule has 0 aliphatic carbocycles. The van der Waals surface area contributed by atoms with Crippen LogP contribution in [0.15, 0.2) is 24.3 Å². The third kappa shape index (κ3) is 5.67. The van der Waals surface area contributed by atoms with E-state index in [0.29, 0.717) is 0 Å². The van der Waals surface area contributed by atoms with Gasteiger partial charge >= 0.3 is 17.9 Å². The first-order valence-corrected chi connectivity index (χ1v) is 5.66. The fourth-order valence-electron chi connectivity index (χ4n) is 1.26. The highest BCUT2D eigenvalue weighted by Crippen LogP contribution is 2.19. The van der Waals surface area contributed by atoms with Crippen LogP contribution in [0.4, 0.5) is 0 Å². The monoisotopic (exact) mass is 266 g/mol. The topological polar surface area (TPSA) is 78.9 Å². The van der Waals surface area contributed by atoms with Gasteiger partial charge in [-0.15, -0.1) is 0 Å². The highest BCUT2D eigenvalue weighted by Gasteiger charge is 2.13. The SMILES string of the molecule is CCOC(=O)CC(=O)Oc1cccc(OC(C)=O)c1. The zero-order valence-electron chi connectivity index (χ0n) is 10.7. The summed E-state index contributed by atoms with van der Waals surface area (Å²) in [7, 11) is 0. The van der Waals surface area contributed by atoms with E-state index in [9.17, 15) is 14.4 Å². The summed E-state index contributed by atoms with van der Waals surface area (Å²) in [5.41, 5.74) is 0. The van der Waals surface area contributed by atoms with Crippen molar-refractivity contribution in [1.82, 2.24) is 0 Å². The Morgan fingerprint density at radius 1 is 1.05 bits per heavy atom. The Kier molecular flexibility index (Phi) is 5.53. The smallest absolute Gasteiger partial charge is 0.322 e. The molecule has 0 atom stereocenters. The third-order valence-corrected chi connectivity index (χ3v) is 1.89. The Hall–Kier alpha value is -2.37. The lowest BCUT2D eigenvalue weighted by atomic mass is 10.3. The van der Waals surface area contributed by atoms with E-state index in [1.165, 1.54) is 19.1 Å². The van der Waals surface area contributed by atoms with Crippen LogP contribution < -0.4 is 9.47 Å². The molecule has 0 aromatic heterocycles. The van der Waals surface area contributed by atoms with Gasteiger partial charge in [-0.05, 0) is 19.1 Å². The lowest BCUT2D eigenvalue weighted by Gasteiger charge is -2.06. The molecule has 6 heteroatoms. The number of ether oxygens (including phenoxy) is 3. The van der Waals surface area contributed by atoms with Crippen molar-refractivity contribution in [1.29, 1.82) is 0 Å². The summed E-state index contributed by atoms with van der Waals surface area (Å²) in [5, 5.41) is 0. The molecular weight excluding hydrogens is 252 g/mol. The minimum Gasteiger partial charge on any atom is -0.466 e. The number of hydrogen-bond donors (Lipinski definition) is 0. The largest absolute Gasteiger partial charge is 0.466 e. The second-order valence-corrected chi connectivity index (χ2v) is 3.52. The van der Waals surface area contributed by atoms with E-state index >= 15 is 0 Å². The molecule has 1 aromatic carbocycles. The zero-order valence-corrected chi connectivity index (χ0v) is 10.7. The van der Waals surface area contributed by atoms with E-state index < -0.39 is 24.3 Å². The number of carbonyl (C=O) groups excluding carboxylic acids is 3. The Balaban J connectivity index is 2.59. The van der Waals surface area contributed by atoms with Crippen LogP contribution in [0.3, 0.4) is 0 Å². The van der Waals surface area contributed by atoms with Gasteiger partial charge < -0.3 is 14.2 Å². The molecule has 0 bridgehead atoms. The summed E-state index contributed by atoms with van der Waals surface area (Å²) in [4.78, 5) is 33.2. The minimum absolute atomic E-state index is 0.188. The molecule has 0 N–H and O–H groups in total. The van der Waals surface area contributed by atoms with Crippen LogP contribution in [0.2, 0.25) is 0 Å². The molecule has 1 aromatic rings. The van der Waals surface area contributed by atoms with E-state index in [1.807, 2.05) is 0 Å². The van der Waals surface area contributed by atoms with Crippen molar-refractivity contribution in [2.45, 2.75) is 20.3 Å². The molecule has 0 saturated heterocycles. The molecular formula is C13H14O6. The van der Waals surface area contributed by atoms with Gasteiger partial charge in [-0.1, -0.05) is 6.07 Å². The number of benzene rings is 1. The fraction of sp³-hybridized carbons (Fsp3) is 0.308. The van der Waals surface area contributed by atoms with Crippen LogP contribution >= 0.6 is 0 Å². The van der Waals surface area contributed by atoms with Crippen molar-refractivity contribution in [3.05, 3.63) is 24.3 Å². The van der Waals surface area contributed by atoms with Crippen LogP contribution in [0.25, 0.3) is 0 Å². The maximum Gasteiger partial charge on any atom is 0.322 e. The molecule has 1 rings (SSSR count). The second-order valence-electron chi connectivity index (χ2n) is 3.52. The predicted octanol–water partition coefficient (Wildman–Crippen LogP) is 1.47. The van der Waals surface area contributed by atoms with Crippen molar-refractivity contribution in [3.8, 4) is 11.5 Å². The van der Waals surface area contributed by atoms with Gasteiger partial charge in [-0.25, -0.2) is 0 Å². The predicted molar refractivity (Wildman–Crippen MR) is 64.6 cm³/mol. The van der Waals surface area contributed by atoms with Gasteiger partial charge in [0.1, 0.15) is 17.9 Å². The van der Waals surface area contributed by atoms with E-state index in [2.05, 4.69) is 4.74 Å². The normalized spacial score (nSPS) is 9.58. The molecule has 0 aliphatic heterocycles. The van der Waals surface area contributed by atoms with E-state index in [0.717, 1.165) is 0 Å². The Morgan fingerprint density at radius 2 is 1.68 bits per heavy atom. The number of hydrogen-bond acceptors (Lipinski definition) is 6. The second kappa shape index (κ2) is 7.15. The fourth-order valence-corrected chi connectivity index (χ4v) is 1.26. The van der Waals surface area contributed by atoms with E-state index in [-0.39, 0.29) is 18.1 Å². The van der Waals surface area contributed by atoms with Crippen molar-refractivity contribution >= 4 is 17.9 Å². The zero-order chi connectivity index (χ0) is 14.3. The maximum absolute atomic E-state index is 11.4. The quantitative estimate of drug-likeness (QED) is 0.456.